The Morgan fingerprint density at radius 2 is 1.79 bits per heavy atom. The van der Waals surface area contributed by atoms with Crippen molar-refractivity contribution in [2.75, 3.05) is 11.9 Å². The molecule has 1 fully saturated rings. The molecular weight excluding hydrogens is 352 g/mol. The minimum Gasteiger partial charge on any atom is -0.493 e. The lowest BCUT2D eigenvalue weighted by atomic mass is 10.1. The number of hydrogen-bond acceptors (Lipinski definition) is 3. The van der Waals surface area contributed by atoms with E-state index in [9.17, 15) is 9.59 Å². The van der Waals surface area contributed by atoms with Crippen molar-refractivity contribution in [3.05, 3.63) is 59.7 Å². The van der Waals surface area contributed by atoms with Crippen LogP contribution in [0.15, 0.2) is 48.5 Å². The van der Waals surface area contributed by atoms with Gasteiger partial charge in [-0.2, -0.15) is 0 Å². The van der Waals surface area contributed by atoms with Crippen molar-refractivity contribution in [3.8, 4) is 5.75 Å². The maximum absolute atomic E-state index is 12.6. The van der Waals surface area contributed by atoms with Crippen LogP contribution in [0.2, 0.25) is 0 Å². The van der Waals surface area contributed by atoms with E-state index >= 15 is 0 Å². The van der Waals surface area contributed by atoms with Crippen molar-refractivity contribution in [2.45, 2.75) is 39.7 Å². The second kappa shape index (κ2) is 8.91. The number of ether oxygens (including phenoxy) is 1. The molecule has 0 heterocycles. The zero-order valence-electron chi connectivity index (χ0n) is 16.7. The lowest BCUT2D eigenvalue weighted by molar-refractivity contribution is -0.117. The first-order valence-electron chi connectivity index (χ1n) is 9.87. The number of nitrogens with one attached hydrogen (secondary N) is 2. The molecule has 2 amide bonds. The van der Waals surface area contributed by atoms with Gasteiger partial charge in [0, 0.05) is 17.2 Å². The van der Waals surface area contributed by atoms with Crippen LogP contribution in [0.5, 0.6) is 5.75 Å². The first-order chi connectivity index (χ1) is 13.4. The van der Waals surface area contributed by atoms with Gasteiger partial charge in [-0.15, -0.1) is 0 Å². The fourth-order valence-electron chi connectivity index (χ4n) is 2.80. The summed E-state index contributed by atoms with van der Waals surface area (Å²) in [5, 5.41) is 5.93. The summed E-state index contributed by atoms with van der Waals surface area (Å²) in [5.41, 5.74) is 2.33. The van der Waals surface area contributed by atoms with Gasteiger partial charge in [0.1, 0.15) is 5.75 Å². The molecule has 0 spiro atoms. The van der Waals surface area contributed by atoms with Gasteiger partial charge in [-0.3, -0.25) is 9.59 Å². The minimum absolute atomic E-state index is 0.0914. The number of hydrogen-bond donors (Lipinski definition) is 2. The van der Waals surface area contributed by atoms with Gasteiger partial charge in [0.2, 0.25) is 5.91 Å². The molecular formula is C23H28N2O3. The number of benzene rings is 2. The molecule has 1 atom stereocenters. The van der Waals surface area contributed by atoms with Gasteiger partial charge in [0.05, 0.1) is 12.6 Å². The second-order valence-corrected chi connectivity index (χ2v) is 7.81. The lowest BCUT2D eigenvalue weighted by Crippen LogP contribution is -2.26. The Bertz CT molecular complexity index is 826. The van der Waals surface area contributed by atoms with E-state index in [0.717, 1.165) is 24.1 Å². The molecule has 1 aliphatic carbocycles. The second-order valence-electron chi connectivity index (χ2n) is 7.81. The van der Waals surface area contributed by atoms with Crippen LogP contribution in [-0.4, -0.2) is 18.4 Å². The van der Waals surface area contributed by atoms with E-state index in [1.807, 2.05) is 43.3 Å². The van der Waals surface area contributed by atoms with Crippen LogP contribution in [0.1, 0.15) is 55.6 Å². The molecule has 0 bridgehead atoms. The molecule has 148 valence electrons. The Labute approximate surface area is 166 Å². The predicted octanol–water partition coefficient (Wildman–Crippen LogP) is 4.56. The van der Waals surface area contributed by atoms with Crippen molar-refractivity contribution in [1.82, 2.24) is 5.32 Å². The van der Waals surface area contributed by atoms with Crippen molar-refractivity contribution in [3.63, 3.8) is 0 Å². The van der Waals surface area contributed by atoms with Crippen molar-refractivity contribution < 1.29 is 14.3 Å². The van der Waals surface area contributed by atoms with E-state index in [-0.39, 0.29) is 23.8 Å². The molecule has 2 N–H and O–H groups in total. The Balaban J connectivity index is 1.57. The van der Waals surface area contributed by atoms with Gasteiger partial charge >= 0.3 is 0 Å². The summed E-state index contributed by atoms with van der Waals surface area (Å²) in [7, 11) is 0. The summed E-state index contributed by atoms with van der Waals surface area (Å²) >= 11 is 0. The van der Waals surface area contributed by atoms with E-state index in [2.05, 4.69) is 24.5 Å². The van der Waals surface area contributed by atoms with E-state index in [0.29, 0.717) is 23.8 Å². The van der Waals surface area contributed by atoms with Crippen LogP contribution in [0.3, 0.4) is 0 Å². The fraction of sp³-hybridized carbons (Fsp3) is 0.391. The molecule has 5 heteroatoms. The molecule has 0 saturated heterocycles. The SMILES string of the molecule is CC(C)COc1cccc(C(=O)NC(C)c2ccc(NC(=O)C3CC3)cc2)c1. The third-order valence-corrected chi connectivity index (χ3v) is 4.65. The third kappa shape index (κ3) is 5.59. The van der Waals surface area contributed by atoms with Crippen LogP contribution in [0.25, 0.3) is 0 Å². The van der Waals surface area contributed by atoms with Crippen LogP contribution < -0.4 is 15.4 Å². The average molecular weight is 380 g/mol. The fourth-order valence-corrected chi connectivity index (χ4v) is 2.80. The van der Waals surface area contributed by atoms with E-state index in [4.69, 9.17) is 4.74 Å². The molecule has 1 unspecified atom stereocenters. The normalized spacial score (nSPS) is 14.4. The van der Waals surface area contributed by atoms with Crippen molar-refractivity contribution >= 4 is 17.5 Å². The van der Waals surface area contributed by atoms with Gasteiger partial charge in [-0.1, -0.05) is 32.0 Å². The number of amides is 2. The molecule has 1 saturated carbocycles. The van der Waals surface area contributed by atoms with E-state index in [1.165, 1.54) is 0 Å². The van der Waals surface area contributed by atoms with Gasteiger partial charge in [0.15, 0.2) is 0 Å². The first-order valence-corrected chi connectivity index (χ1v) is 9.87. The lowest BCUT2D eigenvalue weighted by Gasteiger charge is -2.16. The minimum atomic E-state index is -0.152. The topological polar surface area (TPSA) is 67.4 Å². The summed E-state index contributed by atoms with van der Waals surface area (Å²) in [5.74, 6) is 1.25. The van der Waals surface area contributed by atoms with E-state index in [1.54, 1.807) is 12.1 Å². The van der Waals surface area contributed by atoms with Crippen LogP contribution in [0, 0.1) is 11.8 Å². The Morgan fingerprint density at radius 1 is 1.07 bits per heavy atom. The highest BCUT2D eigenvalue weighted by Gasteiger charge is 2.29. The van der Waals surface area contributed by atoms with Crippen LogP contribution >= 0.6 is 0 Å². The predicted molar refractivity (Wildman–Crippen MR) is 110 cm³/mol. The van der Waals surface area contributed by atoms with E-state index < -0.39 is 0 Å². The Morgan fingerprint density at radius 3 is 2.43 bits per heavy atom. The summed E-state index contributed by atoms with van der Waals surface area (Å²) in [6, 6.07) is 14.7. The maximum Gasteiger partial charge on any atom is 0.251 e. The van der Waals surface area contributed by atoms with Gasteiger partial charge in [-0.25, -0.2) is 0 Å². The number of anilines is 1. The van der Waals surface area contributed by atoms with Crippen LogP contribution in [0.4, 0.5) is 5.69 Å². The smallest absolute Gasteiger partial charge is 0.251 e. The Hall–Kier alpha value is -2.82. The number of rotatable bonds is 8. The third-order valence-electron chi connectivity index (χ3n) is 4.65. The average Bonchev–Trinajstić information content (AvgIpc) is 3.52. The molecule has 2 aromatic rings. The zero-order valence-corrected chi connectivity index (χ0v) is 16.7. The molecule has 2 aromatic carbocycles. The summed E-state index contributed by atoms with van der Waals surface area (Å²) in [4.78, 5) is 24.4. The highest BCUT2D eigenvalue weighted by atomic mass is 16.5. The molecule has 0 aromatic heterocycles. The zero-order chi connectivity index (χ0) is 20.1. The highest BCUT2D eigenvalue weighted by Crippen LogP contribution is 2.30. The molecule has 1 aliphatic rings. The standard InChI is InChI=1S/C23H28N2O3/c1-15(2)14-28-21-6-4-5-19(13-21)23(27)24-16(3)17-9-11-20(12-10-17)25-22(26)18-7-8-18/h4-6,9-13,15-16,18H,7-8,14H2,1-3H3,(H,24,27)(H,25,26). The monoisotopic (exact) mass is 380 g/mol. The Kier molecular flexibility index (Phi) is 6.34. The summed E-state index contributed by atoms with van der Waals surface area (Å²) in [6.07, 6.45) is 1.97. The molecule has 0 radical (unpaired) electrons. The summed E-state index contributed by atoms with van der Waals surface area (Å²) in [6.45, 7) is 6.72. The van der Waals surface area contributed by atoms with Crippen LogP contribution in [-0.2, 0) is 4.79 Å². The van der Waals surface area contributed by atoms with Gasteiger partial charge in [-0.05, 0) is 61.6 Å². The van der Waals surface area contributed by atoms with Crippen molar-refractivity contribution in [1.29, 1.82) is 0 Å². The largest absolute Gasteiger partial charge is 0.493 e. The number of carbonyl (C=O) groups is 2. The van der Waals surface area contributed by atoms with Crippen molar-refractivity contribution in [2.24, 2.45) is 11.8 Å². The maximum atomic E-state index is 12.6. The highest BCUT2D eigenvalue weighted by molar-refractivity contribution is 5.95. The molecule has 5 nitrogen and oxygen atoms in total. The quantitative estimate of drug-likeness (QED) is 0.705. The molecule has 0 aliphatic heterocycles. The first kappa shape index (κ1) is 19.9. The number of carbonyl (C=O) groups excluding carboxylic acids is 2. The van der Waals surface area contributed by atoms with Gasteiger partial charge in [0.25, 0.3) is 5.91 Å². The molecule has 28 heavy (non-hydrogen) atoms. The molecule has 3 rings (SSSR count). The summed E-state index contributed by atoms with van der Waals surface area (Å²) < 4.78 is 5.70. The van der Waals surface area contributed by atoms with Gasteiger partial charge < -0.3 is 15.4 Å².